The number of benzene rings is 2. The van der Waals surface area contributed by atoms with Gasteiger partial charge in [0.2, 0.25) is 0 Å². The molecule has 0 aliphatic carbocycles. The molecule has 2 aromatic carbocycles. The largest absolute Gasteiger partial charge is 0.416 e. The van der Waals surface area contributed by atoms with E-state index in [1.807, 2.05) is 31.2 Å². The van der Waals surface area contributed by atoms with Crippen molar-refractivity contribution in [2.45, 2.75) is 32.2 Å². The minimum absolute atomic E-state index is 0.0661. The van der Waals surface area contributed by atoms with Gasteiger partial charge in [0, 0.05) is 5.69 Å². The number of anilines is 1. The molecule has 2 nitrogen and oxygen atoms in total. The van der Waals surface area contributed by atoms with Gasteiger partial charge < -0.3 is 10.6 Å². The Morgan fingerprint density at radius 2 is 1.37 bits per heavy atom. The zero-order chi connectivity index (χ0) is 20.4. The second-order valence-corrected chi connectivity index (χ2v) is 6.43. The van der Waals surface area contributed by atoms with Crippen LogP contribution >= 0.6 is 12.2 Å². The number of thiocarbonyl (C=S) groups is 1. The minimum Gasteiger partial charge on any atom is -0.356 e. The highest BCUT2D eigenvalue weighted by atomic mass is 32.1. The van der Waals surface area contributed by atoms with Crippen LogP contribution in [0.25, 0.3) is 0 Å². The van der Waals surface area contributed by atoms with Crippen LogP contribution in [-0.2, 0) is 12.4 Å². The molecule has 0 unspecified atom stereocenters. The van der Waals surface area contributed by atoms with Gasteiger partial charge in [-0.25, -0.2) is 0 Å². The van der Waals surface area contributed by atoms with Crippen LogP contribution in [0.5, 0.6) is 0 Å². The molecular weight excluding hydrogens is 390 g/mol. The lowest BCUT2D eigenvalue weighted by molar-refractivity contribution is -0.143. The number of nitrogens with one attached hydrogen (secondary N) is 2. The molecule has 9 heteroatoms. The molecule has 0 aliphatic rings. The van der Waals surface area contributed by atoms with Gasteiger partial charge in [-0.05, 0) is 49.8 Å². The summed E-state index contributed by atoms with van der Waals surface area (Å²) in [6.45, 7) is 3.69. The van der Waals surface area contributed by atoms with Gasteiger partial charge in [-0.1, -0.05) is 29.8 Å². The summed E-state index contributed by atoms with van der Waals surface area (Å²) in [5, 5.41) is 5.15. The maximum absolute atomic E-state index is 12.9. The van der Waals surface area contributed by atoms with Crippen LogP contribution in [0.1, 0.15) is 35.2 Å². The van der Waals surface area contributed by atoms with E-state index in [-0.39, 0.29) is 17.2 Å². The quantitative estimate of drug-likeness (QED) is 0.477. The summed E-state index contributed by atoms with van der Waals surface area (Å²) < 4.78 is 77.4. The van der Waals surface area contributed by atoms with Crippen molar-refractivity contribution in [3.05, 3.63) is 64.7 Å². The van der Waals surface area contributed by atoms with Crippen molar-refractivity contribution >= 4 is 23.0 Å². The Morgan fingerprint density at radius 3 is 1.81 bits per heavy atom. The minimum atomic E-state index is -4.91. The molecule has 0 amide bonds. The fourth-order valence-electron chi connectivity index (χ4n) is 2.33. The molecule has 0 saturated heterocycles. The van der Waals surface area contributed by atoms with Crippen molar-refractivity contribution < 1.29 is 26.3 Å². The summed E-state index contributed by atoms with van der Waals surface area (Å²) >= 11 is 5.03. The van der Waals surface area contributed by atoms with Gasteiger partial charge in [0.25, 0.3) is 0 Å². The fraction of sp³-hybridized carbons (Fsp3) is 0.278. The Bertz CT molecular complexity index is 780. The van der Waals surface area contributed by atoms with Crippen LogP contribution in [0.2, 0.25) is 0 Å². The Kier molecular flexibility index (Phi) is 6.04. The Hall–Kier alpha value is -2.29. The van der Waals surface area contributed by atoms with Gasteiger partial charge >= 0.3 is 12.4 Å². The van der Waals surface area contributed by atoms with Crippen molar-refractivity contribution in [2.24, 2.45) is 0 Å². The highest BCUT2D eigenvalue weighted by Gasteiger charge is 2.37. The van der Waals surface area contributed by atoms with Crippen LogP contribution in [0.15, 0.2) is 42.5 Å². The van der Waals surface area contributed by atoms with Gasteiger partial charge in [0.05, 0.1) is 17.2 Å². The molecule has 0 aromatic heterocycles. The number of rotatable bonds is 3. The number of aryl methyl sites for hydroxylation is 1. The van der Waals surface area contributed by atoms with Crippen molar-refractivity contribution in [1.82, 2.24) is 5.32 Å². The number of halogens is 6. The number of alkyl halides is 6. The lowest BCUT2D eigenvalue weighted by Gasteiger charge is -2.19. The Morgan fingerprint density at radius 1 is 0.889 bits per heavy atom. The van der Waals surface area contributed by atoms with Crippen molar-refractivity contribution in [3.63, 3.8) is 0 Å². The molecule has 1 atom stereocenters. The van der Waals surface area contributed by atoms with Crippen LogP contribution in [-0.4, -0.2) is 5.11 Å². The molecule has 0 saturated carbocycles. The molecule has 0 aliphatic heterocycles. The van der Waals surface area contributed by atoms with E-state index in [0.717, 1.165) is 11.1 Å². The predicted molar refractivity (Wildman–Crippen MR) is 95.4 cm³/mol. The van der Waals surface area contributed by atoms with E-state index in [4.69, 9.17) is 12.2 Å². The smallest absolute Gasteiger partial charge is 0.356 e. The van der Waals surface area contributed by atoms with E-state index in [1.165, 1.54) is 0 Å². The maximum atomic E-state index is 12.9. The fourth-order valence-corrected chi connectivity index (χ4v) is 2.62. The SMILES string of the molecule is Cc1ccc([C@@H](C)NC(=S)Nc2cc(C(F)(F)F)cc(C(F)(F)F)c2)cc1. The average molecular weight is 406 g/mol. The topological polar surface area (TPSA) is 24.1 Å². The van der Waals surface area contributed by atoms with Crippen LogP contribution in [0.3, 0.4) is 0 Å². The molecule has 0 radical (unpaired) electrons. The first-order chi connectivity index (χ1) is 12.4. The normalized spacial score (nSPS) is 13.2. The van der Waals surface area contributed by atoms with Crippen LogP contribution < -0.4 is 10.6 Å². The summed E-state index contributed by atoms with van der Waals surface area (Å²) in [7, 11) is 0. The van der Waals surface area contributed by atoms with Crippen molar-refractivity contribution in [2.75, 3.05) is 5.32 Å². The third-order valence-corrected chi connectivity index (χ3v) is 3.99. The standard InChI is InChI=1S/C18H16F6N2S/c1-10-3-5-12(6-4-10)11(2)25-16(27)26-15-8-13(17(19,20)21)7-14(9-15)18(22,23)24/h3-9,11H,1-2H3,(H2,25,26,27)/t11-/m1/s1. The molecule has 0 heterocycles. The first-order valence-corrected chi connectivity index (χ1v) is 8.20. The third-order valence-electron chi connectivity index (χ3n) is 3.77. The molecule has 2 aromatic rings. The van der Waals surface area contributed by atoms with E-state index in [2.05, 4.69) is 10.6 Å². The zero-order valence-corrected chi connectivity index (χ0v) is 15.1. The van der Waals surface area contributed by atoms with Crippen LogP contribution in [0.4, 0.5) is 32.0 Å². The first-order valence-electron chi connectivity index (χ1n) is 7.80. The molecule has 0 bridgehead atoms. The van der Waals surface area contributed by atoms with E-state index in [1.54, 1.807) is 6.92 Å². The maximum Gasteiger partial charge on any atom is 0.416 e. The molecule has 2 N–H and O–H groups in total. The molecule has 2 rings (SSSR count). The van der Waals surface area contributed by atoms with Gasteiger partial charge in [0.1, 0.15) is 0 Å². The Labute approximate surface area is 157 Å². The van der Waals surface area contributed by atoms with Gasteiger partial charge in [-0.2, -0.15) is 26.3 Å². The predicted octanol–water partition coefficient (Wildman–Crippen LogP) is 6.08. The Balaban J connectivity index is 2.20. The summed E-state index contributed by atoms with van der Waals surface area (Å²) in [6.07, 6.45) is -9.83. The van der Waals surface area contributed by atoms with Gasteiger partial charge in [0.15, 0.2) is 5.11 Å². The zero-order valence-electron chi connectivity index (χ0n) is 14.3. The summed E-state index contributed by atoms with van der Waals surface area (Å²) in [5.41, 5.74) is -1.30. The summed E-state index contributed by atoms with van der Waals surface area (Å²) in [6, 6.07) is 8.40. The summed E-state index contributed by atoms with van der Waals surface area (Å²) in [5.74, 6) is 0. The molecule has 146 valence electrons. The lowest BCUT2D eigenvalue weighted by Crippen LogP contribution is -2.31. The first kappa shape index (κ1) is 21.0. The van der Waals surface area contributed by atoms with E-state index < -0.39 is 29.2 Å². The third kappa shape index (κ3) is 5.85. The van der Waals surface area contributed by atoms with Crippen molar-refractivity contribution in [3.8, 4) is 0 Å². The van der Waals surface area contributed by atoms with E-state index in [9.17, 15) is 26.3 Å². The van der Waals surface area contributed by atoms with Gasteiger partial charge in [-0.3, -0.25) is 0 Å². The molecule has 0 spiro atoms. The number of hydrogen-bond acceptors (Lipinski definition) is 1. The number of hydrogen-bond donors (Lipinski definition) is 2. The lowest BCUT2D eigenvalue weighted by atomic mass is 10.1. The highest BCUT2D eigenvalue weighted by molar-refractivity contribution is 7.80. The second kappa shape index (κ2) is 7.75. The van der Waals surface area contributed by atoms with E-state index >= 15 is 0 Å². The molecule has 0 fully saturated rings. The molecular formula is C18H16F6N2S. The molecule has 27 heavy (non-hydrogen) atoms. The van der Waals surface area contributed by atoms with E-state index in [0.29, 0.717) is 12.1 Å². The van der Waals surface area contributed by atoms with Crippen molar-refractivity contribution in [1.29, 1.82) is 0 Å². The second-order valence-electron chi connectivity index (χ2n) is 6.03. The monoisotopic (exact) mass is 406 g/mol. The highest BCUT2D eigenvalue weighted by Crippen LogP contribution is 2.37. The average Bonchev–Trinajstić information content (AvgIpc) is 2.53. The summed E-state index contributed by atoms with van der Waals surface area (Å²) in [4.78, 5) is 0. The van der Waals surface area contributed by atoms with Gasteiger partial charge in [-0.15, -0.1) is 0 Å². The van der Waals surface area contributed by atoms with Crippen LogP contribution in [0, 0.1) is 6.92 Å².